The Morgan fingerprint density at radius 2 is 1.71 bits per heavy atom. The molecule has 0 radical (unpaired) electrons. The van der Waals surface area contributed by atoms with E-state index in [1.54, 1.807) is 19.1 Å². The van der Waals surface area contributed by atoms with E-state index in [2.05, 4.69) is 17.3 Å². The Kier molecular flexibility index (Phi) is 11.7. The number of aromatic carboxylic acids is 1. The second-order valence-electron chi connectivity index (χ2n) is 12.2. The van der Waals surface area contributed by atoms with Crippen molar-refractivity contribution in [1.29, 1.82) is 0 Å². The summed E-state index contributed by atoms with van der Waals surface area (Å²) in [6, 6.07) is 16.6. The number of hydrogen-bond acceptors (Lipinski definition) is 9. The predicted octanol–water partition coefficient (Wildman–Crippen LogP) is 6.42. The van der Waals surface area contributed by atoms with Gasteiger partial charge in [0.1, 0.15) is 26.6 Å². The molecule has 1 fully saturated rings. The van der Waals surface area contributed by atoms with Crippen molar-refractivity contribution in [2.45, 2.75) is 50.3 Å². The van der Waals surface area contributed by atoms with Crippen LogP contribution in [0, 0.1) is 5.21 Å². The number of rotatable bonds is 13. The fourth-order valence-electron chi connectivity index (χ4n) is 6.08. The fourth-order valence-corrected chi connectivity index (χ4v) is 7.68. The van der Waals surface area contributed by atoms with E-state index in [-0.39, 0.29) is 34.0 Å². The summed E-state index contributed by atoms with van der Waals surface area (Å²) in [5.74, 6) is -1.09. The van der Waals surface area contributed by atoms with Gasteiger partial charge in [0, 0.05) is 36.0 Å². The minimum atomic E-state index is -1.21. The average molecular weight is 729 g/mol. The van der Waals surface area contributed by atoms with Crippen molar-refractivity contribution in [3.05, 3.63) is 114 Å². The molecule has 0 spiro atoms. The number of likely N-dealkylation sites (tertiary alicyclic amines) is 1. The lowest BCUT2D eigenvalue weighted by atomic mass is 9.85. The van der Waals surface area contributed by atoms with Gasteiger partial charge in [-0.05, 0) is 68.1 Å². The van der Waals surface area contributed by atoms with Crippen LogP contribution < -0.4 is 19.5 Å². The van der Waals surface area contributed by atoms with E-state index in [0.29, 0.717) is 32.2 Å². The predicted molar refractivity (Wildman–Crippen MR) is 189 cm³/mol. The quantitative estimate of drug-likeness (QED) is 0.0912. The van der Waals surface area contributed by atoms with Gasteiger partial charge in [-0.25, -0.2) is 9.59 Å². The van der Waals surface area contributed by atoms with Gasteiger partial charge in [0.2, 0.25) is 0 Å². The van der Waals surface area contributed by atoms with E-state index < -0.39 is 23.4 Å². The molecule has 13 heteroatoms. The van der Waals surface area contributed by atoms with Gasteiger partial charge in [-0.2, -0.15) is 4.73 Å². The van der Waals surface area contributed by atoms with Crippen molar-refractivity contribution in [2.75, 3.05) is 34.4 Å². The molecule has 1 unspecified atom stereocenters. The monoisotopic (exact) mass is 727 g/mol. The Hall–Kier alpha value is -3.87. The first-order valence-corrected chi connectivity index (χ1v) is 17.3. The van der Waals surface area contributed by atoms with E-state index in [4.69, 9.17) is 37.4 Å². The Labute approximate surface area is 299 Å². The second kappa shape index (κ2) is 15.8. The van der Waals surface area contributed by atoms with Crippen molar-refractivity contribution in [2.24, 2.45) is 0 Å². The summed E-state index contributed by atoms with van der Waals surface area (Å²) in [4.78, 5) is 29.6. The average Bonchev–Trinajstić information content (AvgIpc) is 3.52. The maximum Gasteiger partial charge on any atom is 0.346 e. The lowest BCUT2D eigenvalue weighted by molar-refractivity contribution is -0.605. The highest BCUT2D eigenvalue weighted by molar-refractivity contribution is 7.14. The molecule has 5 rings (SSSR count). The number of pyridine rings is 1. The zero-order chi connectivity index (χ0) is 35.3. The first kappa shape index (κ1) is 36.4. The van der Waals surface area contributed by atoms with Crippen molar-refractivity contribution >= 4 is 46.5 Å². The number of methoxy groups -OCH3 is 2. The summed E-state index contributed by atoms with van der Waals surface area (Å²) in [7, 11) is 5.10. The summed E-state index contributed by atoms with van der Waals surface area (Å²) < 4.78 is 17.6. The van der Waals surface area contributed by atoms with E-state index in [9.17, 15) is 19.9 Å². The number of esters is 1. The molecule has 260 valence electrons. The number of nitrogens with zero attached hydrogens (tertiary/aromatic N) is 2. The number of hydrogen-bond donors (Lipinski definition) is 2. The van der Waals surface area contributed by atoms with Crippen LogP contribution in [-0.4, -0.2) is 62.4 Å². The number of carbonyl (C=O) groups is 2. The molecule has 2 N–H and O–H groups in total. The number of halogens is 2. The van der Waals surface area contributed by atoms with Gasteiger partial charge in [0.15, 0.2) is 23.9 Å². The molecule has 3 heterocycles. The topological polar surface area (TPSA) is 124 Å². The molecule has 49 heavy (non-hydrogen) atoms. The highest BCUT2D eigenvalue weighted by Gasteiger charge is 2.39. The Morgan fingerprint density at radius 1 is 1.06 bits per heavy atom. The van der Waals surface area contributed by atoms with Crippen LogP contribution in [-0.2, 0) is 28.0 Å². The minimum absolute atomic E-state index is 0.119. The molecule has 1 aliphatic rings. The van der Waals surface area contributed by atoms with E-state index in [1.165, 1.54) is 26.6 Å². The normalized spacial score (nSPS) is 15.7. The van der Waals surface area contributed by atoms with Gasteiger partial charge in [0.25, 0.3) is 0 Å². The summed E-state index contributed by atoms with van der Waals surface area (Å²) in [6.07, 6.45) is 3.93. The van der Waals surface area contributed by atoms with E-state index >= 15 is 0 Å². The number of benzene rings is 2. The standard InChI is InChI=1S/C36H39Cl2N3O7S/c1-36(23-8-6-5-7-9-23,35(44)48-24-12-14-40(2)15-13-24)39-19-25-17-27(33(49-25)34(42)43)26(18-28-29(37)20-41(45)21-30(28)38)22-10-11-31(46-3)32(16-22)47-4/h5-11,16-17,20-21,24,26,39H,12-15,18-19H2,1-4H3,(H,42,43)/t26-,36?/m0/s1. The first-order chi connectivity index (χ1) is 23.4. The van der Waals surface area contributed by atoms with Crippen LogP contribution in [0.1, 0.15) is 62.5 Å². The molecule has 2 atom stereocenters. The summed E-state index contributed by atoms with van der Waals surface area (Å²) >= 11 is 14.1. The van der Waals surface area contributed by atoms with Crippen LogP contribution in [0.2, 0.25) is 10.0 Å². The molecule has 0 saturated carbocycles. The molecule has 2 aromatic heterocycles. The van der Waals surface area contributed by atoms with Gasteiger partial charge >= 0.3 is 11.9 Å². The highest BCUT2D eigenvalue weighted by Crippen LogP contribution is 2.41. The number of aromatic nitrogens is 1. The zero-order valence-corrected chi connectivity index (χ0v) is 30.0. The summed E-state index contributed by atoms with van der Waals surface area (Å²) in [6.45, 7) is 3.67. The number of ether oxygens (including phenoxy) is 3. The molecule has 1 saturated heterocycles. The maximum atomic E-state index is 13.9. The molecular formula is C36H39Cl2N3O7S. The molecular weight excluding hydrogens is 689 g/mol. The first-order valence-electron chi connectivity index (χ1n) is 15.8. The van der Waals surface area contributed by atoms with Gasteiger partial charge in [-0.1, -0.05) is 59.6 Å². The van der Waals surface area contributed by atoms with Crippen molar-refractivity contribution in [3.63, 3.8) is 0 Å². The van der Waals surface area contributed by atoms with Crippen molar-refractivity contribution in [1.82, 2.24) is 10.2 Å². The largest absolute Gasteiger partial charge is 0.619 e. The highest BCUT2D eigenvalue weighted by atomic mass is 35.5. The van der Waals surface area contributed by atoms with Crippen LogP contribution in [0.25, 0.3) is 0 Å². The molecule has 0 bridgehead atoms. The lowest BCUT2D eigenvalue weighted by Crippen LogP contribution is -2.49. The SMILES string of the molecule is COc1ccc([C@H](Cc2c(Cl)c[n+]([O-])cc2Cl)c2cc(CNC(C)(C(=O)OC3CCN(C)CC3)c3ccccc3)sc2C(=O)O)cc1OC. The third-order valence-corrected chi connectivity index (χ3v) is 10.8. The third-order valence-electron chi connectivity index (χ3n) is 8.97. The third kappa shape index (κ3) is 8.30. The second-order valence-corrected chi connectivity index (χ2v) is 14.2. The fraction of sp³-hybridized carbons (Fsp3) is 0.361. The maximum absolute atomic E-state index is 13.9. The van der Waals surface area contributed by atoms with Crippen LogP contribution in [0.5, 0.6) is 11.5 Å². The minimum Gasteiger partial charge on any atom is -0.619 e. The Bertz CT molecular complexity index is 1770. The summed E-state index contributed by atoms with van der Waals surface area (Å²) in [5, 5.41) is 26.2. The number of nitrogens with one attached hydrogen (secondary N) is 1. The Morgan fingerprint density at radius 3 is 2.33 bits per heavy atom. The Balaban J connectivity index is 1.52. The van der Waals surface area contributed by atoms with Crippen LogP contribution >= 0.6 is 34.5 Å². The van der Waals surface area contributed by atoms with Gasteiger partial charge in [0.05, 0.1) is 14.2 Å². The molecule has 10 nitrogen and oxygen atoms in total. The lowest BCUT2D eigenvalue weighted by Gasteiger charge is -2.34. The van der Waals surface area contributed by atoms with E-state index in [0.717, 1.165) is 48.4 Å². The smallest absolute Gasteiger partial charge is 0.346 e. The van der Waals surface area contributed by atoms with Gasteiger partial charge < -0.3 is 29.4 Å². The van der Waals surface area contributed by atoms with Gasteiger partial charge in [-0.3, -0.25) is 5.32 Å². The molecule has 2 aromatic carbocycles. The molecule has 0 aliphatic carbocycles. The number of carbonyl (C=O) groups excluding carboxylic acids is 1. The van der Waals surface area contributed by atoms with Crippen LogP contribution in [0.4, 0.5) is 0 Å². The van der Waals surface area contributed by atoms with E-state index in [1.807, 2.05) is 42.5 Å². The summed E-state index contributed by atoms with van der Waals surface area (Å²) in [5.41, 5.74) is 1.25. The molecule has 1 aliphatic heterocycles. The number of carboxylic acids is 1. The van der Waals surface area contributed by atoms with Crippen LogP contribution in [0.3, 0.4) is 0 Å². The number of piperidine rings is 1. The van der Waals surface area contributed by atoms with Crippen LogP contribution in [0.15, 0.2) is 67.0 Å². The zero-order valence-electron chi connectivity index (χ0n) is 27.7. The number of thiophene rings is 1. The van der Waals surface area contributed by atoms with Crippen molar-refractivity contribution in [3.8, 4) is 11.5 Å². The number of carboxylic acid groups (broad SMARTS) is 1. The van der Waals surface area contributed by atoms with Crippen molar-refractivity contribution < 1.29 is 33.6 Å². The van der Waals surface area contributed by atoms with Gasteiger partial charge in [-0.15, -0.1) is 11.3 Å². The molecule has 4 aromatic rings. The molecule has 0 amide bonds.